The fourth-order valence-corrected chi connectivity index (χ4v) is 2.07. The molecule has 0 saturated carbocycles. The molecule has 0 fully saturated rings. The van der Waals surface area contributed by atoms with E-state index >= 15 is 0 Å². The maximum absolute atomic E-state index is 13.2. The number of aromatic nitrogens is 1. The summed E-state index contributed by atoms with van der Waals surface area (Å²) in [6.07, 6.45) is -0.254. The molecule has 2 rings (SSSR count). The number of halogens is 1. The Balaban J connectivity index is 2.81. The molecule has 0 unspecified atom stereocenters. The molecule has 94 valence electrons. The normalized spacial score (nSPS) is 10.8. The highest BCUT2D eigenvalue weighted by Crippen LogP contribution is 2.15. The van der Waals surface area contributed by atoms with E-state index in [0.29, 0.717) is 23.1 Å². The SMILES string of the molecule is CCn1c(CC(=O)O)cc(=O)c2ccc(F)cc21. The highest BCUT2D eigenvalue weighted by molar-refractivity contribution is 5.80. The highest BCUT2D eigenvalue weighted by Gasteiger charge is 2.11. The maximum Gasteiger partial charge on any atom is 0.309 e. The first kappa shape index (κ1) is 12.3. The first-order chi connectivity index (χ1) is 8.52. The number of carbonyl (C=O) groups is 1. The Bertz CT molecular complexity index is 676. The molecule has 0 spiro atoms. The summed E-state index contributed by atoms with van der Waals surface area (Å²) in [4.78, 5) is 22.6. The molecule has 5 heteroatoms. The highest BCUT2D eigenvalue weighted by atomic mass is 19.1. The summed E-state index contributed by atoms with van der Waals surface area (Å²) in [7, 11) is 0. The Kier molecular flexibility index (Phi) is 3.14. The standard InChI is InChI=1S/C13H12FNO3/c1-2-15-9(7-13(17)18)6-12(16)10-4-3-8(14)5-11(10)15/h3-6H,2,7H2,1H3,(H,17,18). The van der Waals surface area contributed by atoms with Crippen molar-refractivity contribution in [3.63, 3.8) is 0 Å². The van der Waals surface area contributed by atoms with Gasteiger partial charge in [0.25, 0.3) is 0 Å². The number of hydrogen-bond acceptors (Lipinski definition) is 2. The molecule has 1 N–H and O–H groups in total. The van der Waals surface area contributed by atoms with Crippen molar-refractivity contribution in [1.29, 1.82) is 0 Å². The predicted molar refractivity (Wildman–Crippen MR) is 65.2 cm³/mol. The molecule has 0 radical (unpaired) electrons. The molecule has 0 aliphatic rings. The second kappa shape index (κ2) is 4.60. The zero-order chi connectivity index (χ0) is 13.3. The number of pyridine rings is 1. The van der Waals surface area contributed by atoms with E-state index in [2.05, 4.69) is 0 Å². The van der Waals surface area contributed by atoms with Crippen molar-refractivity contribution < 1.29 is 14.3 Å². The van der Waals surface area contributed by atoms with Gasteiger partial charge in [0.2, 0.25) is 0 Å². The van der Waals surface area contributed by atoms with Gasteiger partial charge in [0.15, 0.2) is 5.43 Å². The van der Waals surface area contributed by atoms with Gasteiger partial charge >= 0.3 is 5.97 Å². The summed E-state index contributed by atoms with van der Waals surface area (Å²) < 4.78 is 14.9. The van der Waals surface area contributed by atoms with Crippen molar-refractivity contribution in [3.05, 3.63) is 46.0 Å². The van der Waals surface area contributed by atoms with E-state index in [4.69, 9.17) is 5.11 Å². The van der Waals surface area contributed by atoms with Gasteiger partial charge in [-0.15, -0.1) is 0 Å². The molecule has 1 heterocycles. The van der Waals surface area contributed by atoms with Crippen molar-refractivity contribution >= 4 is 16.9 Å². The first-order valence-electron chi connectivity index (χ1n) is 5.56. The summed E-state index contributed by atoms with van der Waals surface area (Å²) in [6, 6.07) is 5.20. The van der Waals surface area contributed by atoms with E-state index in [1.54, 1.807) is 4.57 Å². The van der Waals surface area contributed by atoms with Crippen LogP contribution in [-0.2, 0) is 17.8 Å². The quantitative estimate of drug-likeness (QED) is 0.902. The zero-order valence-electron chi connectivity index (χ0n) is 9.81. The van der Waals surface area contributed by atoms with Gasteiger partial charge in [0.05, 0.1) is 11.9 Å². The van der Waals surface area contributed by atoms with Gasteiger partial charge < -0.3 is 9.67 Å². The smallest absolute Gasteiger partial charge is 0.309 e. The molecular formula is C13H12FNO3. The Labute approximate surface area is 102 Å². The van der Waals surface area contributed by atoms with Crippen LogP contribution in [0.2, 0.25) is 0 Å². The molecule has 0 amide bonds. The summed E-state index contributed by atoms with van der Waals surface area (Å²) in [6.45, 7) is 2.29. The summed E-state index contributed by atoms with van der Waals surface area (Å²) in [5, 5.41) is 9.21. The van der Waals surface area contributed by atoms with Crippen molar-refractivity contribution in [2.75, 3.05) is 0 Å². The van der Waals surface area contributed by atoms with E-state index in [-0.39, 0.29) is 11.8 Å². The fourth-order valence-electron chi connectivity index (χ4n) is 2.07. The van der Waals surface area contributed by atoms with Crippen LogP contribution in [-0.4, -0.2) is 15.6 Å². The van der Waals surface area contributed by atoms with E-state index in [0.717, 1.165) is 0 Å². The molecular weight excluding hydrogens is 237 g/mol. The molecule has 0 saturated heterocycles. The van der Waals surface area contributed by atoms with Crippen LogP contribution >= 0.6 is 0 Å². The van der Waals surface area contributed by atoms with Gasteiger partial charge in [-0.3, -0.25) is 9.59 Å². The number of fused-ring (bicyclic) bond motifs is 1. The van der Waals surface area contributed by atoms with Crippen LogP contribution < -0.4 is 5.43 Å². The number of carboxylic acid groups (broad SMARTS) is 1. The number of rotatable bonds is 3. The minimum atomic E-state index is -1.02. The van der Waals surface area contributed by atoms with Crippen LogP contribution in [0.4, 0.5) is 4.39 Å². The predicted octanol–water partition coefficient (Wildman–Crippen LogP) is 1.79. The van der Waals surface area contributed by atoms with Gasteiger partial charge in [-0.25, -0.2) is 4.39 Å². The Morgan fingerprint density at radius 1 is 1.39 bits per heavy atom. The summed E-state index contributed by atoms with van der Waals surface area (Å²) in [5.41, 5.74) is 0.528. The molecule has 2 aromatic rings. The van der Waals surface area contributed by atoms with E-state index in [1.165, 1.54) is 24.3 Å². The van der Waals surface area contributed by atoms with Crippen LogP contribution in [0.1, 0.15) is 12.6 Å². The lowest BCUT2D eigenvalue weighted by Gasteiger charge is -2.13. The Morgan fingerprint density at radius 3 is 2.72 bits per heavy atom. The van der Waals surface area contributed by atoms with Gasteiger partial charge in [-0.2, -0.15) is 0 Å². The van der Waals surface area contributed by atoms with E-state index in [1.807, 2.05) is 6.92 Å². The molecule has 1 aromatic heterocycles. The number of nitrogens with zero attached hydrogens (tertiary/aromatic N) is 1. The summed E-state index contributed by atoms with van der Waals surface area (Å²) >= 11 is 0. The minimum absolute atomic E-state index is 0.254. The Hall–Kier alpha value is -2.17. The summed E-state index contributed by atoms with van der Waals surface area (Å²) in [5.74, 6) is -1.47. The number of benzene rings is 1. The first-order valence-corrected chi connectivity index (χ1v) is 5.56. The number of aliphatic carboxylic acids is 1. The van der Waals surface area contributed by atoms with E-state index < -0.39 is 11.8 Å². The molecule has 1 aromatic carbocycles. The average molecular weight is 249 g/mol. The van der Waals surface area contributed by atoms with Crippen molar-refractivity contribution in [3.8, 4) is 0 Å². The zero-order valence-corrected chi connectivity index (χ0v) is 9.81. The molecule has 0 aliphatic heterocycles. The van der Waals surface area contributed by atoms with Gasteiger partial charge in [-0.1, -0.05) is 0 Å². The number of aryl methyl sites for hydroxylation is 1. The average Bonchev–Trinajstić information content (AvgIpc) is 2.28. The van der Waals surface area contributed by atoms with Crippen molar-refractivity contribution in [2.45, 2.75) is 19.9 Å². The molecule has 18 heavy (non-hydrogen) atoms. The van der Waals surface area contributed by atoms with E-state index in [9.17, 15) is 14.0 Å². The molecule has 0 aliphatic carbocycles. The topological polar surface area (TPSA) is 59.3 Å². The minimum Gasteiger partial charge on any atom is -0.481 e. The van der Waals surface area contributed by atoms with Crippen molar-refractivity contribution in [1.82, 2.24) is 4.57 Å². The van der Waals surface area contributed by atoms with Gasteiger partial charge in [0, 0.05) is 23.7 Å². The van der Waals surface area contributed by atoms with Crippen LogP contribution in [0.25, 0.3) is 10.9 Å². The van der Waals surface area contributed by atoms with Crippen LogP contribution in [0.3, 0.4) is 0 Å². The fraction of sp³-hybridized carbons (Fsp3) is 0.231. The molecule has 4 nitrogen and oxygen atoms in total. The maximum atomic E-state index is 13.2. The number of carboxylic acids is 1. The largest absolute Gasteiger partial charge is 0.481 e. The van der Waals surface area contributed by atoms with Crippen molar-refractivity contribution in [2.24, 2.45) is 0 Å². The second-order valence-corrected chi connectivity index (χ2v) is 3.98. The lowest BCUT2D eigenvalue weighted by atomic mass is 10.1. The molecule has 0 bridgehead atoms. The second-order valence-electron chi connectivity index (χ2n) is 3.98. The van der Waals surface area contributed by atoms with Gasteiger partial charge in [-0.05, 0) is 25.1 Å². The van der Waals surface area contributed by atoms with Gasteiger partial charge in [0.1, 0.15) is 5.82 Å². The lowest BCUT2D eigenvalue weighted by molar-refractivity contribution is -0.136. The molecule has 0 atom stereocenters. The van der Waals surface area contributed by atoms with Crippen LogP contribution in [0, 0.1) is 5.82 Å². The third kappa shape index (κ3) is 2.11. The third-order valence-corrected chi connectivity index (χ3v) is 2.81. The van der Waals surface area contributed by atoms with Crippen LogP contribution in [0.5, 0.6) is 0 Å². The van der Waals surface area contributed by atoms with Crippen LogP contribution in [0.15, 0.2) is 29.1 Å². The number of hydrogen-bond donors (Lipinski definition) is 1. The lowest BCUT2D eigenvalue weighted by Crippen LogP contribution is -2.16. The Morgan fingerprint density at radius 2 is 2.11 bits per heavy atom. The third-order valence-electron chi connectivity index (χ3n) is 2.81. The monoisotopic (exact) mass is 249 g/mol.